The minimum atomic E-state index is -0.272. The van der Waals surface area contributed by atoms with Gasteiger partial charge in [-0.1, -0.05) is 6.07 Å². The van der Waals surface area contributed by atoms with Crippen molar-refractivity contribution in [1.82, 2.24) is 15.2 Å². The van der Waals surface area contributed by atoms with E-state index in [1.54, 1.807) is 13.3 Å². The van der Waals surface area contributed by atoms with Crippen molar-refractivity contribution in [3.63, 3.8) is 0 Å². The number of benzene rings is 1. The molecule has 1 atom stereocenters. The lowest BCUT2D eigenvalue weighted by Crippen LogP contribution is -2.44. The molecule has 1 aliphatic rings. The SMILES string of the molecule is COC[C@@H](NC(=O)c1ccc(N2CCN(C)CC2)cc1)c1ccccn1. The number of nitrogens with one attached hydrogen (secondary N) is 1. The highest BCUT2D eigenvalue weighted by Gasteiger charge is 2.18. The zero-order valence-corrected chi connectivity index (χ0v) is 15.4. The Hall–Kier alpha value is -2.44. The van der Waals surface area contributed by atoms with E-state index in [4.69, 9.17) is 4.74 Å². The molecule has 2 aromatic rings. The lowest BCUT2D eigenvalue weighted by Gasteiger charge is -2.34. The molecule has 1 aliphatic heterocycles. The predicted molar refractivity (Wildman–Crippen MR) is 102 cm³/mol. The third-order valence-corrected chi connectivity index (χ3v) is 4.68. The summed E-state index contributed by atoms with van der Waals surface area (Å²) in [6.45, 7) is 4.52. The summed E-state index contributed by atoms with van der Waals surface area (Å²) in [4.78, 5) is 21.6. The molecular formula is C20H26N4O2. The van der Waals surface area contributed by atoms with E-state index < -0.39 is 0 Å². The third-order valence-electron chi connectivity index (χ3n) is 4.68. The summed E-state index contributed by atoms with van der Waals surface area (Å²) in [6, 6.07) is 13.2. The first-order valence-corrected chi connectivity index (χ1v) is 8.91. The molecule has 1 aromatic heterocycles. The minimum absolute atomic E-state index is 0.123. The summed E-state index contributed by atoms with van der Waals surface area (Å²) in [5.74, 6) is -0.123. The Morgan fingerprint density at radius 1 is 1.15 bits per heavy atom. The number of carbonyl (C=O) groups excluding carboxylic acids is 1. The van der Waals surface area contributed by atoms with Gasteiger partial charge >= 0.3 is 0 Å². The maximum Gasteiger partial charge on any atom is 0.251 e. The van der Waals surface area contributed by atoms with Crippen LogP contribution >= 0.6 is 0 Å². The van der Waals surface area contributed by atoms with Crippen molar-refractivity contribution < 1.29 is 9.53 Å². The highest BCUT2D eigenvalue weighted by Crippen LogP contribution is 2.18. The summed E-state index contributed by atoms with van der Waals surface area (Å²) < 4.78 is 5.24. The third kappa shape index (κ3) is 4.59. The number of rotatable bonds is 6. The van der Waals surface area contributed by atoms with Crippen LogP contribution in [0.15, 0.2) is 48.7 Å². The molecule has 6 heteroatoms. The van der Waals surface area contributed by atoms with Gasteiger partial charge in [0.15, 0.2) is 0 Å². The molecule has 138 valence electrons. The van der Waals surface area contributed by atoms with Crippen molar-refractivity contribution in [1.29, 1.82) is 0 Å². The summed E-state index contributed by atoms with van der Waals surface area (Å²) >= 11 is 0. The first kappa shape index (κ1) is 18.4. The Morgan fingerprint density at radius 3 is 2.50 bits per heavy atom. The van der Waals surface area contributed by atoms with Crippen molar-refractivity contribution in [2.24, 2.45) is 0 Å². The van der Waals surface area contributed by atoms with Gasteiger partial charge in [0.2, 0.25) is 0 Å². The minimum Gasteiger partial charge on any atom is -0.382 e. The number of nitrogens with zero attached hydrogens (tertiary/aromatic N) is 3. The first-order chi connectivity index (χ1) is 12.7. The van der Waals surface area contributed by atoms with Crippen molar-refractivity contribution in [3.05, 3.63) is 59.9 Å². The Labute approximate surface area is 154 Å². The van der Waals surface area contributed by atoms with E-state index in [1.165, 1.54) is 0 Å². The number of hydrogen-bond donors (Lipinski definition) is 1. The topological polar surface area (TPSA) is 57.7 Å². The molecule has 0 aliphatic carbocycles. The van der Waals surface area contributed by atoms with Crippen LogP contribution < -0.4 is 10.2 Å². The van der Waals surface area contributed by atoms with Gasteiger partial charge in [-0.05, 0) is 43.4 Å². The van der Waals surface area contributed by atoms with Gasteiger partial charge in [0, 0.05) is 50.7 Å². The van der Waals surface area contributed by atoms with Gasteiger partial charge in [0.25, 0.3) is 5.91 Å². The Morgan fingerprint density at radius 2 is 1.88 bits per heavy atom. The monoisotopic (exact) mass is 354 g/mol. The van der Waals surface area contributed by atoms with E-state index in [9.17, 15) is 4.79 Å². The molecule has 0 unspecified atom stereocenters. The standard InChI is InChI=1S/C20H26N4O2/c1-23-11-13-24(14-12-23)17-8-6-16(7-9-17)20(25)22-19(15-26-2)18-5-3-4-10-21-18/h3-10,19H,11-15H2,1-2H3,(H,22,25)/t19-/m1/s1. The number of carbonyl (C=O) groups is 1. The van der Waals surface area contributed by atoms with Crippen molar-refractivity contribution in [2.75, 3.05) is 51.8 Å². The summed E-state index contributed by atoms with van der Waals surface area (Å²) in [5, 5.41) is 3.01. The lowest BCUT2D eigenvalue weighted by molar-refractivity contribution is 0.0894. The molecule has 0 spiro atoms. The zero-order valence-electron chi connectivity index (χ0n) is 15.4. The van der Waals surface area contributed by atoms with Crippen LogP contribution in [0.5, 0.6) is 0 Å². The van der Waals surface area contributed by atoms with E-state index >= 15 is 0 Å². The lowest BCUT2D eigenvalue weighted by atomic mass is 10.1. The van der Waals surface area contributed by atoms with Crippen LogP contribution in [0.1, 0.15) is 22.1 Å². The molecule has 0 saturated carbocycles. The molecule has 1 fully saturated rings. The number of anilines is 1. The highest BCUT2D eigenvalue weighted by atomic mass is 16.5. The van der Waals surface area contributed by atoms with E-state index in [0.717, 1.165) is 37.6 Å². The van der Waals surface area contributed by atoms with Gasteiger partial charge in [-0.25, -0.2) is 0 Å². The fourth-order valence-electron chi connectivity index (χ4n) is 3.08. The normalized spacial score (nSPS) is 16.3. The van der Waals surface area contributed by atoms with Crippen LogP contribution in [-0.4, -0.2) is 62.7 Å². The highest BCUT2D eigenvalue weighted by molar-refractivity contribution is 5.94. The second kappa shape index (κ2) is 8.78. The van der Waals surface area contributed by atoms with Crippen molar-refractivity contribution >= 4 is 11.6 Å². The summed E-state index contributed by atoms with van der Waals surface area (Å²) in [5.41, 5.74) is 2.59. The average molecular weight is 354 g/mol. The number of pyridine rings is 1. The molecular weight excluding hydrogens is 328 g/mol. The maximum atomic E-state index is 12.6. The van der Waals surface area contributed by atoms with E-state index in [2.05, 4.69) is 27.1 Å². The van der Waals surface area contributed by atoms with Crippen LogP contribution in [0.3, 0.4) is 0 Å². The van der Waals surface area contributed by atoms with Crippen LogP contribution in [0.4, 0.5) is 5.69 Å². The second-order valence-electron chi connectivity index (χ2n) is 6.57. The van der Waals surface area contributed by atoms with Crippen molar-refractivity contribution in [3.8, 4) is 0 Å². The number of likely N-dealkylation sites (N-methyl/N-ethyl adjacent to an activating group) is 1. The van der Waals surface area contributed by atoms with Gasteiger partial charge in [-0.15, -0.1) is 0 Å². The smallest absolute Gasteiger partial charge is 0.251 e. The predicted octanol–water partition coefficient (Wildman–Crippen LogP) is 1.95. The molecule has 1 saturated heterocycles. The number of amides is 1. The quantitative estimate of drug-likeness (QED) is 0.859. The van der Waals surface area contributed by atoms with E-state index in [-0.39, 0.29) is 11.9 Å². The Bertz CT molecular complexity index is 698. The van der Waals surface area contributed by atoms with Gasteiger partial charge in [0.05, 0.1) is 18.3 Å². The van der Waals surface area contributed by atoms with Crippen molar-refractivity contribution in [2.45, 2.75) is 6.04 Å². The van der Waals surface area contributed by atoms with Gasteiger partial charge in [-0.2, -0.15) is 0 Å². The van der Waals surface area contributed by atoms with Gasteiger partial charge in [-0.3, -0.25) is 9.78 Å². The van der Waals surface area contributed by atoms with Gasteiger partial charge in [0.1, 0.15) is 0 Å². The molecule has 0 bridgehead atoms. The van der Waals surface area contributed by atoms with E-state index in [1.807, 2.05) is 42.5 Å². The van der Waals surface area contributed by atoms with Crippen LogP contribution in [-0.2, 0) is 4.74 Å². The molecule has 1 N–H and O–H groups in total. The number of ether oxygens (including phenoxy) is 1. The summed E-state index contributed by atoms with van der Waals surface area (Å²) in [6.07, 6.45) is 1.72. The number of piperazine rings is 1. The Kier molecular flexibility index (Phi) is 6.20. The number of hydrogen-bond acceptors (Lipinski definition) is 5. The zero-order chi connectivity index (χ0) is 18.4. The summed E-state index contributed by atoms with van der Waals surface area (Å²) in [7, 11) is 3.76. The Balaban J connectivity index is 1.65. The molecule has 3 rings (SSSR count). The van der Waals surface area contributed by atoms with Crippen LogP contribution in [0.25, 0.3) is 0 Å². The number of aromatic nitrogens is 1. The average Bonchev–Trinajstić information content (AvgIpc) is 2.69. The fourth-order valence-corrected chi connectivity index (χ4v) is 3.08. The molecule has 0 radical (unpaired) electrons. The first-order valence-electron chi connectivity index (χ1n) is 8.91. The number of methoxy groups -OCH3 is 1. The fraction of sp³-hybridized carbons (Fsp3) is 0.400. The molecule has 2 heterocycles. The van der Waals surface area contributed by atoms with Gasteiger partial charge < -0.3 is 19.9 Å². The van der Waals surface area contributed by atoms with E-state index in [0.29, 0.717) is 12.2 Å². The molecule has 26 heavy (non-hydrogen) atoms. The van der Waals surface area contributed by atoms with Crippen LogP contribution in [0.2, 0.25) is 0 Å². The largest absolute Gasteiger partial charge is 0.382 e. The van der Waals surface area contributed by atoms with Crippen LogP contribution in [0, 0.1) is 0 Å². The second-order valence-corrected chi connectivity index (χ2v) is 6.57. The molecule has 1 amide bonds. The molecule has 1 aromatic carbocycles. The molecule has 6 nitrogen and oxygen atoms in total. The maximum absolute atomic E-state index is 12.6.